The summed E-state index contributed by atoms with van der Waals surface area (Å²) >= 11 is 0. The van der Waals surface area contributed by atoms with Crippen LogP contribution in [0.25, 0.3) is 11.4 Å². The second kappa shape index (κ2) is 6.74. The smallest absolute Gasteiger partial charge is 0.272 e. The highest BCUT2D eigenvalue weighted by molar-refractivity contribution is 5.92. The van der Waals surface area contributed by atoms with Crippen LogP contribution in [0.1, 0.15) is 40.8 Å². The van der Waals surface area contributed by atoms with Crippen molar-refractivity contribution in [2.45, 2.75) is 25.7 Å². The number of nitrogens with zero attached hydrogens (tertiary/aromatic N) is 5. The summed E-state index contributed by atoms with van der Waals surface area (Å²) in [5.41, 5.74) is 2.43. The number of rotatable bonds is 3. The molecule has 1 saturated heterocycles. The zero-order valence-electron chi connectivity index (χ0n) is 14.9. The van der Waals surface area contributed by atoms with Crippen LogP contribution < -0.4 is 0 Å². The minimum atomic E-state index is 0.0297. The van der Waals surface area contributed by atoms with Gasteiger partial charge in [-0.1, -0.05) is 35.5 Å². The van der Waals surface area contributed by atoms with Gasteiger partial charge in [-0.15, -0.1) is 0 Å². The first-order valence-corrected chi connectivity index (χ1v) is 8.81. The van der Waals surface area contributed by atoms with Gasteiger partial charge in [0.2, 0.25) is 11.7 Å². The highest BCUT2D eigenvalue weighted by Crippen LogP contribution is 2.29. The molecule has 134 valence electrons. The van der Waals surface area contributed by atoms with Crippen molar-refractivity contribution in [3.05, 3.63) is 53.7 Å². The highest BCUT2D eigenvalue weighted by atomic mass is 16.5. The third-order valence-electron chi connectivity index (χ3n) is 4.83. The molecule has 7 nitrogen and oxygen atoms in total. The summed E-state index contributed by atoms with van der Waals surface area (Å²) in [6.07, 6.45) is 1.64. The zero-order chi connectivity index (χ0) is 18.1. The van der Waals surface area contributed by atoms with Crippen LogP contribution in [-0.2, 0) is 7.05 Å². The summed E-state index contributed by atoms with van der Waals surface area (Å²) in [6.45, 7) is 3.25. The van der Waals surface area contributed by atoms with E-state index in [-0.39, 0.29) is 11.8 Å². The number of piperidine rings is 1. The second-order valence-corrected chi connectivity index (χ2v) is 6.68. The van der Waals surface area contributed by atoms with Gasteiger partial charge in [-0.25, -0.2) is 0 Å². The molecule has 0 saturated carbocycles. The van der Waals surface area contributed by atoms with E-state index in [2.05, 4.69) is 15.2 Å². The molecule has 2 aromatic heterocycles. The molecule has 0 spiro atoms. The van der Waals surface area contributed by atoms with Crippen molar-refractivity contribution in [1.82, 2.24) is 24.8 Å². The van der Waals surface area contributed by atoms with E-state index < -0.39 is 0 Å². The molecule has 1 aromatic carbocycles. The van der Waals surface area contributed by atoms with Gasteiger partial charge in [0.05, 0.1) is 5.69 Å². The monoisotopic (exact) mass is 351 g/mol. The molecule has 1 aliphatic heterocycles. The Morgan fingerprint density at radius 1 is 1.19 bits per heavy atom. The lowest BCUT2D eigenvalue weighted by Crippen LogP contribution is -2.38. The summed E-state index contributed by atoms with van der Waals surface area (Å²) in [4.78, 5) is 19.1. The van der Waals surface area contributed by atoms with Gasteiger partial charge in [0.25, 0.3) is 5.91 Å². The summed E-state index contributed by atoms with van der Waals surface area (Å²) < 4.78 is 7.13. The molecule has 3 aromatic rings. The number of aryl methyl sites for hydroxylation is 2. The molecule has 0 N–H and O–H groups in total. The number of amides is 1. The van der Waals surface area contributed by atoms with Crippen molar-refractivity contribution in [3.8, 4) is 11.4 Å². The average Bonchev–Trinajstić information content (AvgIpc) is 3.29. The summed E-state index contributed by atoms with van der Waals surface area (Å²) in [5, 5.41) is 8.36. The number of likely N-dealkylation sites (tertiary alicyclic amines) is 1. The predicted molar refractivity (Wildman–Crippen MR) is 95.6 cm³/mol. The fraction of sp³-hybridized carbons (Fsp3) is 0.368. The van der Waals surface area contributed by atoms with Gasteiger partial charge in [0.1, 0.15) is 5.69 Å². The van der Waals surface area contributed by atoms with E-state index in [4.69, 9.17) is 4.52 Å². The molecule has 4 rings (SSSR count). The van der Waals surface area contributed by atoms with Crippen molar-refractivity contribution in [2.24, 2.45) is 7.05 Å². The molecule has 1 fully saturated rings. The lowest BCUT2D eigenvalue weighted by Gasteiger charge is -2.30. The van der Waals surface area contributed by atoms with Crippen molar-refractivity contribution < 1.29 is 9.32 Å². The third kappa shape index (κ3) is 3.12. The molecule has 0 atom stereocenters. The minimum absolute atomic E-state index is 0.0297. The Bertz CT molecular complexity index is 907. The van der Waals surface area contributed by atoms with Gasteiger partial charge < -0.3 is 9.42 Å². The van der Waals surface area contributed by atoms with E-state index in [0.717, 1.165) is 24.1 Å². The standard InChI is InChI=1S/C19H21N5O2/c1-13-12-16(23(2)21-13)19(25)24-10-8-15(9-11-24)18-20-17(22-26-18)14-6-4-3-5-7-14/h3-7,12,15H,8-11H2,1-2H3. The number of carbonyl (C=O) groups excluding carboxylic acids is 1. The molecular formula is C19H21N5O2. The second-order valence-electron chi connectivity index (χ2n) is 6.68. The van der Waals surface area contributed by atoms with E-state index in [0.29, 0.717) is 30.5 Å². The van der Waals surface area contributed by atoms with E-state index in [1.807, 2.05) is 48.2 Å². The first kappa shape index (κ1) is 16.5. The van der Waals surface area contributed by atoms with E-state index in [9.17, 15) is 4.79 Å². The SMILES string of the molecule is Cc1cc(C(=O)N2CCC(c3nc(-c4ccccc4)no3)CC2)n(C)n1. The number of benzene rings is 1. The van der Waals surface area contributed by atoms with Gasteiger partial charge in [0, 0.05) is 31.6 Å². The molecule has 0 aliphatic carbocycles. The van der Waals surface area contributed by atoms with Crippen molar-refractivity contribution in [2.75, 3.05) is 13.1 Å². The van der Waals surface area contributed by atoms with Crippen LogP contribution in [0.2, 0.25) is 0 Å². The summed E-state index contributed by atoms with van der Waals surface area (Å²) in [5.74, 6) is 1.50. The molecule has 3 heterocycles. The quantitative estimate of drug-likeness (QED) is 0.725. The maximum atomic E-state index is 12.7. The van der Waals surface area contributed by atoms with Gasteiger partial charge in [0.15, 0.2) is 0 Å². The molecule has 0 unspecified atom stereocenters. The van der Waals surface area contributed by atoms with Gasteiger partial charge in [-0.05, 0) is 25.8 Å². The molecular weight excluding hydrogens is 330 g/mol. The van der Waals surface area contributed by atoms with Crippen LogP contribution in [0.15, 0.2) is 40.9 Å². The molecule has 0 bridgehead atoms. The molecule has 7 heteroatoms. The van der Waals surface area contributed by atoms with Crippen molar-refractivity contribution >= 4 is 5.91 Å². The Hall–Kier alpha value is -2.96. The normalized spacial score (nSPS) is 15.4. The van der Waals surface area contributed by atoms with Crippen LogP contribution in [0.5, 0.6) is 0 Å². The Labute approximate surface area is 151 Å². The van der Waals surface area contributed by atoms with Crippen LogP contribution in [-0.4, -0.2) is 43.8 Å². The van der Waals surface area contributed by atoms with E-state index in [1.165, 1.54) is 0 Å². The number of aromatic nitrogens is 4. The lowest BCUT2D eigenvalue weighted by molar-refractivity contribution is 0.0693. The Balaban J connectivity index is 1.42. The van der Waals surface area contributed by atoms with E-state index in [1.54, 1.807) is 11.7 Å². The fourth-order valence-corrected chi connectivity index (χ4v) is 3.41. The lowest BCUT2D eigenvalue weighted by atomic mass is 9.96. The third-order valence-corrected chi connectivity index (χ3v) is 4.83. The topological polar surface area (TPSA) is 77.0 Å². The maximum absolute atomic E-state index is 12.7. The zero-order valence-corrected chi connectivity index (χ0v) is 14.9. The first-order chi connectivity index (χ1) is 12.6. The molecule has 1 aliphatic rings. The number of carbonyl (C=O) groups is 1. The first-order valence-electron chi connectivity index (χ1n) is 8.81. The maximum Gasteiger partial charge on any atom is 0.272 e. The van der Waals surface area contributed by atoms with E-state index >= 15 is 0 Å². The van der Waals surface area contributed by atoms with Crippen LogP contribution in [0.4, 0.5) is 0 Å². The van der Waals surface area contributed by atoms with Crippen LogP contribution >= 0.6 is 0 Å². The summed E-state index contributed by atoms with van der Waals surface area (Å²) in [6, 6.07) is 11.6. The summed E-state index contributed by atoms with van der Waals surface area (Å²) in [7, 11) is 1.80. The molecule has 0 radical (unpaired) electrons. The fourth-order valence-electron chi connectivity index (χ4n) is 3.41. The number of hydrogen-bond acceptors (Lipinski definition) is 5. The van der Waals surface area contributed by atoms with Crippen LogP contribution in [0, 0.1) is 6.92 Å². The average molecular weight is 351 g/mol. The molecule has 26 heavy (non-hydrogen) atoms. The predicted octanol–water partition coefficient (Wildman–Crippen LogP) is 2.80. The highest BCUT2D eigenvalue weighted by Gasteiger charge is 2.29. The Kier molecular flexibility index (Phi) is 4.28. The van der Waals surface area contributed by atoms with Crippen molar-refractivity contribution in [3.63, 3.8) is 0 Å². The van der Waals surface area contributed by atoms with Gasteiger partial charge in [-0.3, -0.25) is 9.48 Å². The Morgan fingerprint density at radius 2 is 1.92 bits per heavy atom. The van der Waals surface area contributed by atoms with Gasteiger partial charge >= 0.3 is 0 Å². The number of hydrogen-bond donors (Lipinski definition) is 0. The Morgan fingerprint density at radius 3 is 2.58 bits per heavy atom. The largest absolute Gasteiger partial charge is 0.339 e. The van der Waals surface area contributed by atoms with Crippen molar-refractivity contribution in [1.29, 1.82) is 0 Å². The van der Waals surface area contributed by atoms with Gasteiger partial charge in [-0.2, -0.15) is 10.1 Å². The molecule has 1 amide bonds. The minimum Gasteiger partial charge on any atom is -0.339 e. The van der Waals surface area contributed by atoms with Crippen LogP contribution in [0.3, 0.4) is 0 Å².